The first-order valence-corrected chi connectivity index (χ1v) is 7.63. The van der Waals surface area contributed by atoms with Gasteiger partial charge in [-0.1, -0.05) is 11.8 Å². The largest absolute Gasteiger partial charge is 0.395 e. The van der Waals surface area contributed by atoms with Crippen molar-refractivity contribution in [1.82, 2.24) is 9.80 Å². The quantitative estimate of drug-likeness (QED) is 0.853. The molecule has 1 unspecified atom stereocenters. The highest BCUT2D eigenvalue weighted by Gasteiger charge is 2.28. The molecule has 0 aromatic carbocycles. The number of thiophene rings is 1. The van der Waals surface area contributed by atoms with E-state index in [0.717, 1.165) is 30.0 Å². The zero-order valence-electron chi connectivity index (χ0n) is 11.9. The molecule has 1 aromatic rings. The van der Waals surface area contributed by atoms with Crippen LogP contribution in [0.15, 0.2) is 11.4 Å². The van der Waals surface area contributed by atoms with Gasteiger partial charge in [0.1, 0.15) is 0 Å². The van der Waals surface area contributed by atoms with E-state index in [1.165, 1.54) is 11.3 Å². The number of nitrogens with zero attached hydrogens (tertiary/aromatic N) is 2. The van der Waals surface area contributed by atoms with Gasteiger partial charge in [0.25, 0.3) is 5.91 Å². The molecule has 1 atom stereocenters. The van der Waals surface area contributed by atoms with Crippen LogP contribution in [0.3, 0.4) is 0 Å². The Bertz CT molecular complexity index is 527. The Morgan fingerprint density at radius 3 is 3.05 bits per heavy atom. The Kier molecular flexibility index (Phi) is 5.18. The van der Waals surface area contributed by atoms with E-state index in [4.69, 9.17) is 5.11 Å². The summed E-state index contributed by atoms with van der Waals surface area (Å²) in [6, 6.07) is 2.31. The Labute approximate surface area is 124 Å². The maximum absolute atomic E-state index is 12.4. The van der Waals surface area contributed by atoms with Crippen LogP contribution >= 0.6 is 11.3 Å². The maximum Gasteiger partial charge on any atom is 0.254 e. The zero-order chi connectivity index (χ0) is 14.5. The molecule has 4 nitrogen and oxygen atoms in total. The lowest BCUT2D eigenvalue weighted by atomic mass is 10.2. The Balaban J connectivity index is 1.99. The minimum absolute atomic E-state index is 0.0733. The van der Waals surface area contributed by atoms with Crippen LogP contribution in [-0.4, -0.2) is 60.6 Å². The molecule has 1 aliphatic rings. The van der Waals surface area contributed by atoms with Crippen molar-refractivity contribution in [3.05, 3.63) is 21.9 Å². The molecule has 1 saturated heterocycles. The van der Waals surface area contributed by atoms with Gasteiger partial charge in [-0.2, -0.15) is 0 Å². The third kappa shape index (κ3) is 3.60. The van der Waals surface area contributed by atoms with Gasteiger partial charge >= 0.3 is 0 Å². The minimum Gasteiger partial charge on any atom is -0.395 e. The standard InChI is InChI=1S/C15H20N2O2S/c1-16(2)13-6-7-17(10-13)15(19)12-9-14(20-11-12)5-3-4-8-18/h9,11,13,18H,4,6-8,10H2,1-2H3. The number of amides is 1. The van der Waals surface area contributed by atoms with E-state index in [9.17, 15) is 4.79 Å². The predicted molar refractivity (Wildman–Crippen MR) is 80.9 cm³/mol. The van der Waals surface area contributed by atoms with Crippen LogP contribution in [0.5, 0.6) is 0 Å². The van der Waals surface area contributed by atoms with Crippen LogP contribution in [0.1, 0.15) is 28.1 Å². The van der Waals surface area contributed by atoms with Gasteiger partial charge in [-0.25, -0.2) is 0 Å². The second-order valence-corrected chi connectivity index (χ2v) is 6.04. The molecule has 20 heavy (non-hydrogen) atoms. The average Bonchev–Trinajstić information content (AvgIpc) is 3.07. The highest BCUT2D eigenvalue weighted by Crippen LogP contribution is 2.20. The molecule has 0 saturated carbocycles. The molecular formula is C15H20N2O2S. The van der Waals surface area contributed by atoms with Crippen LogP contribution in [-0.2, 0) is 0 Å². The lowest BCUT2D eigenvalue weighted by Crippen LogP contribution is -2.34. The summed E-state index contributed by atoms with van der Waals surface area (Å²) >= 11 is 1.48. The number of carbonyl (C=O) groups excluding carboxylic acids is 1. The topological polar surface area (TPSA) is 43.8 Å². The molecule has 0 radical (unpaired) electrons. The van der Waals surface area contributed by atoms with E-state index in [1.807, 2.05) is 16.3 Å². The third-order valence-electron chi connectivity index (χ3n) is 3.48. The van der Waals surface area contributed by atoms with Crippen molar-refractivity contribution in [1.29, 1.82) is 0 Å². The van der Waals surface area contributed by atoms with Crippen molar-refractivity contribution >= 4 is 17.2 Å². The predicted octanol–water partition coefficient (Wildman–Crippen LogP) is 1.26. The molecule has 0 spiro atoms. The lowest BCUT2D eigenvalue weighted by Gasteiger charge is -2.20. The number of rotatable bonds is 3. The highest BCUT2D eigenvalue weighted by molar-refractivity contribution is 7.10. The SMILES string of the molecule is CN(C)C1CCN(C(=O)c2csc(C#CCCO)c2)C1. The molecular weight excluding hydrogens is 272 g/mol. The van der Waals surface area contributed by atoms with E-state index in [-0.39, 0.29) is 12.5 Å². The van der Waals surface area contributed by atoms with Gasteiger partial charge in [0, 0.05) is 30.9 Å². The fraction of sp³-hybridized carbons (Fsp3) is 0.533. The molecule has 1 N–H and O–H groups in total. The number of aliphatic hydroxyl groups is 1. The van der Waals surface area contributed by atoms with E-state index in [1.54, 1.807) is 0 Å². The number of likely N-dealkylation sites (tertiary alicyclic amines) is 1. The van der Waals surface area contributed by atoms with Crippen molar-refractivity contribution < 1.29 is 9.90 Å². The lowest BCUT2D eigenvalue weighted by molar-refractivity contribution is 0.0783. The fourth-order valence-corrected chi connectivity index (χ4v) is 3.00. The summed E-state index contributed by atoms with van der Waals surface area (Å²) in [6.07, 6.45) is 1.50. The third-order valence-corrected chi connectivity index (χ3v) is 4.32. The van der Waals surface area contributed by atoms with Crippen LogP contribution in [0.2, 0.25) is 0 Å². The first-order chi connectivity index (χ1) is 9.61. The first kappa shape index (κ1) is 15.0. The molecule has 0 bridgehead atoms. The second-order valence-electron chi connectivity index (χ2n) is 5.13. The minimum atomic E-state index is 0.0733. The van der Waals surface area contributed by atoms with Gasteiger partial charge in [-0.15, -0.1) is 11.3 Å². The molecule has 2 rings (SSSR count). The fourth-order valence-electron chi connectivity index (χ4n) is 2.25. The average molecular weight is 292 g/mol. The molecule has 2 heterocycles. The monoisotopic (exact) mass is 292 g/mol. The number of hydrogen-bond donors (Lipinski definition) is 1. The summed E-state index contributed by atoms with van der Waals surface area (Å²) in [5.41, 5.74) is 0.725. The van der Waals surface area contributed by atoms with Gasteiger partial charge in [-0.3, -0.25) is 4.79 Å². The normalized spacial score (nSPS) is 18.2. The maximum atomic E-state index is 12.4. The van der Waals surface area contributed by atoms with E-state index >= 15 is 0 Å². The summed E-state index contributed by atoms with van der Waals surface area (Å²) in [4.78, 5) is 17.4. The van der Waals surface area contributed by atoms with Crippen molar-refractivity contribution in [2.24, 2.45) is 0 Å². The molecule has 5 heteroatoms. The number of likely N-dealkylation sites (N-methyl/N-ethyl adjacent to an activating group) is 1. The number of aliphatic hydroxyl groups excluding tert-OH is 1. The van der Waals surface area contributed by atoms with Crippen LogP contribution < -0.4 is 0 Å². The van der Waals surface area contributed by atoms with Gasteiger partial charge < -0.3 is 14.9 Å². The van der Waals surface area contributed by atoms with E-state index in [0.29, 0.717) is 12.5 Å². The number of hydrogen-bond acceptors (Lipinski definition) is 4. The van der Waals surface area contributed by atoms with Gasteiger partial charge in [-0.05, 0) is 26.6 Å². The second kappa shape index (κ2) is 6.89. The Morgan fingerprint density at radius 2 is 2.40 bits per heavy atom. The Morgan fingerprint density at radius 1 is 1.60 bits per heavy atom. The number of carbonyl (C=O) groups is 1. The molecule has 1 amide bonds. The first-order valence-electron chi connectivity index (χ1n) is 6.75. The van der Waals surface area contributed by atoms with E-state index < -0.39 is 0 Å². The summed E-state index contributed by atoms with van der Waals surface area (Å²) in [5, 5.41) is 10.6. The summed E-state index contributed by atoms with van der Waals surface area (Å²) in [6.45, 7) is 1.69. The van der Waals surface area contributed by atoms with Crippen molar-refractivity contribution in [3.8, 4) is 11.8 Å². The van der Waals surface area contributed by atoms with Crippen LogP contribution in [0.4, 0.5) is 0 Å². The molecule has 1 aliphatic heterocycles. The summed E-state index contributed by atoms with van der Waals surface area (Å²) in [5.74, 6) is 5.94. The highest BCUT2D eigenvalue weighted by atomic mass is 32.1. The summed E-state index contributed by atoms with van der Waals surface area (Å²) < 4.78 is 0. The van der Waals surface area contributed by atoms with Crippen molar-refractivity contribution in [2.45, 2.75) is 18.9 Å². The van der Waals surface area contributed by atoms with Crippen LogP contribution in [0.25, 0.3) is 0 Å². The Hall–Kier alpha value is -1.35. The van der Waals surface area contributed by atoms with Crippen molar-refractivity contribution in [2.75, 3.05) is 33.8 Å². The smallest absolute Gasteiger partial charge is 0.254 e. The molecule has 0 aliphatic carbocycles. The molecule has 1 aromatic heterocycles. The van der Waals surface area contributed by atoms with Gasteiger partial charge in [0.05, 0.1) is 17.0 Å². The zero-order valence-corrected chi connectivity index (χ0v) is 12.7. The van der Waals surface area contributed by atoms with E-state index in [2.05, 4.69) is 30.8 Å². The van der Waals surface area contributed by atoms with Crippen LogP contribution in [0, 0.1) is 11.8 Å². The molecule has 108 valence electrons. The van der Waals surface area contributed by atoms with Gasteiger partial charge in [0.15, 0.2) is 0 Å². The van der Waals surface area contributed by atoms with Crippen molar-refractivity contribution in [3.63, 3.8) is 0 Å². The van der Waals surface area contributed by atoms with Gasteiger partial charge in [0.2, 0.25) is 0 Å². The summed E-state index contributed by atoms with van der Waals surface area (Å²) in [7, 11) is 4.11. The molecule has 1 fully saturated rings.